The fourth-order valence-electron chi connectivity index (χ4n) is 4.56. The molecule has 1 heterocycles. The summed E-state index contributed by atoms with van der Waals surface area (Å²) < 4.78 is 5.09. The number of nitrogens with one attached hydrogen (secondary N) is 3. The normalized spacial score (nSPS) is 12.0. The zero-order valence-corrected chi connectivity index (χ0v) is 26.5. The van der Waals surface area contributed by atoms with E-state index >= 15 is 0 Å². The second-order valence-electron chi connectivity index (χ2n) is 10.9. The first kappa shape index (κ1) is 32.0. The molecule has 232 valence electrons. The Morgan fingerprint density at radius 3 is 2.04 bits per heavy atom. The van der Waals surface area contributed by atoms with E-state index in [1.807, 2.05) is 72.8 Å². The second kappa shape index (κ2) is 15.0. The minimum absolute atomic E-state index is 0.105. The fourth-order valence-corrected chi connectivity index (χ4v) is 5.58. The number of amides is 3. The van der Waals surface area contributed by atoms with Gasteiger partial charge in [-0.15, -0.1) is 11.8 Å². The minimum atomic E-state index is -0.566. The Labute approximate surface area is 272 Å². The first-order chi connectivity index (χ1) is 22.2. The summed E-state index contributed by atoms with van der Waals surface area (Å²) in [5.41, 5.74) is 3.85. The molecule has 0 fully saturated rings. The highest BCUT2D eigenvalue weighted by Gasteiger charge is 2.23. The van der Waals surface area contributed by atoms with E-state index in [0.29, 0.717) is 28.7 Å². The maximum atomic E-state index is 13.5. The first-order valence-corrected chi connectivity index (χ1v) is 15.7. The van der Waals surface area contributed by atoms with Gasteiger partial charge in [0.05, 0.1) is 0 Å². The topological polar surface area (TPSA) is 113 Å². The van der Waals surface area contributed by atoms with Gasteiger partial charge < -0.3 is 20.5 Å². The van der Waals surface area contributed by atoms with Crippen molar-refractivity contribution in [3.63, 3.8) is 0 Å². The number of aromatic nitrogens is 1. The summed E-state index contributed by atoms with van der Waals surface area (Å²) in [5, 5.41) is 11.8. The average molecular weight is 631 g/mol. The van der Waals surface area contributed by atoms with Crippen LogP contribution in [0.2, 0.25) is 0 Å². The van der Waals surface area contributed by atoms with Crippen molar-refractivity contribution < 1.29 is 18.9 Å². The highest BCUT2D eigenvalue weighted by atomic mass is 32.2. The molecule has 0 aliphatic carbocycles. The molecule has 3 N–H and O–H groups in total. The van der Waals surface area contributed by atoms with E-state index in [2.05, 4.69) is 35.0 Å². The van der Waals surface area contributed by atoms with Gasteiger partial charge in [-0.3, -0.25) is 14.4 Å². The molecule has 0 saturated carbocycles. The quantitative estimate of drug-likeness (QED) is 0.101. The molecule has 1 atom stereocenters. The van der Waals surface area contributed by atoms with E-state index in [9.17, 15) is 14.4 Å². The molecule has 1 aromatic heterocycles. The predicted molar refractivity (Wildman–Crippen MR) is 182 cm³/mol. The summed E-state index contributed by atoms with van der Waals surface area (Å²) in [6.45, 7) is 5.99. The molecule has 8 nitrogen and oxygen atoms in total. The maximum Gasteiger partial charge on any atom is 0.272 e. The third-order valence-electron chi connectivity index (χ3n) is 7.03. The summed E-state index contributed by atoms with van der Waals surface area (Å²) in [6, 6.07) is 34.9. The molecule has 46 heavy (non-hydrogen) atoms. The van der Waals surface area contributed by atoms with Gasteiger partial charge in [-0.05, 0) is 72.0 Å². The van der Waals surface area contributed by atoms with Gasteiger partial charge in [0, 0.05) is 22.2 Å². The number of thioether (sulfide) groups is 1. The van der Waals surface area contributed by atoms with Crippen LogP contribution < -0.4 is 16.0 Å². The van der Waals surface area contributed by atoms with Crippen LogP contribution in [0.25, 0.3) is 6.08 Å². The Morgan fingerprint density at radius 1 is 0.783 bits per heavy atom. The highest BCUT2D eigenvalue weighted by Crippen LogP contribution is 2.36. The largest absolute Gasteiger partial charge is 0.360 e. The summed E-state index contributed by atoms with van der Waals surface area (Å²) >= 11 is 1.37. The Balaban J connectivity index is 1.33. The molecule has 0 bridgehead atoms. The minimum Gasteiger partial charge on any atom is -0.360 e. The molecule has 1 unspecified atom stereocenters. The molecule has 5 aromatic rings. The van der Waals surface area contributed by atoms with Gasteiger partial charge in [-0.2, -0.15) is 0 Å². The predicted octanol–water partition coefficient (Wildman–Crippen LogP) is 7.99. The lowest BCUT2D eigenvalue weighted by Crippen LogP contribution is -2.30. The molecule has 0 spiro atoms. The van der Waals surface area contributed by atoms with Crippen LogP contribution in [-0.2, 0) is 9.59 Å². The molecule has 0 radical (unpaired) electrons. The number of hydrogen-bond acceptors (Lipinski definition) is 6. The van der Waals surface area contributed by atoms with Crippen LogP contribution >= 0.6 is 11.8 Å². The lowest BCUT2D eigenvalue weighted by molar-refractivity contribution is -0.116. The SMILES string of the molecule is Cc1cc(NC(=O)C(Sc2ccc(NC(=O)/C(=C/c3ccc(C(C)C)cc3)NC(=O)c3ccccc3)cc2)c2ccccc2)no1. The number of hydrogen-bond donors (Lipinski definition) is 3. The standard InChI is InChI=1S/C37H34N4O4S/c1-24(2)27-16-14-26(15-17-27)23-32(39-35(42)29-12-8-5-9-13-29)36(43)38-30-18-20-31(21-19-30)46-34(28-10-6-4-7-11-28)37(44)40-33-22-25(3)45-41-33/h4-24,34H,1-3H3,(H,38,43)(H,39,42)(H,40,41,44)/b32-23-. The average Bonchev–Trinajstić information content (AvgIpc) is 3.48. The van der Waals surface area contributed by atoms with Crippen LogP contribution in [-0.4, -0.2) is 22.9 Å². The van der Waals surface area contributed by atoms with E-state index in [-0.39, 0.29) is 11.6 Å². The Hall–Kier alpha value is -5.41. The summed E-state index contributed by atoms with van der Waals surface area (Å²) in [4.78, 5) is 40.6. The third kappa shape index (κ3) is 8.61. The maximum absolute atomic E-state index is 13.5. The van der Waals surface area contributed by atoms with Gasteiger partial charge in [0.2, 0.25) is 5.91 Å². The molecular weight excluding hydrogens is 596 g/mol. The van der Waals surface area contributed by atoms with Gasteiger partial charge in [-0.1, -0.05) is 91.8 Å². The number of carbonyl (C=O) groups excluding carboxylic acids is 3. The molecule has 3 amide bonds. The highest BCUT2D eigenvalue weighted by molar-refractivity contribution is 8.00. The number of carbonyl (C=O) groups is 3. The van der Waals surface area contributed by atoms with Gasteiger partial charge in [0.15, 0.2) is 5.82 Å². The number of anilines is 2. The van der Waals surface area contributed by atoms with Crippen molar-refractivity contribution >= 4 is 47.1 Å². The molecule has 0 aliphatic rings. The molecular formula is C37H34N4O4S. The molecule has 4 aromatic carbocycles. The number of nitrogens with zero attached hydrogens (tertiary/aromatic N) is 1. The van der Waals surface area contributed by atoms with E-state index < -0.39 is 17.1 Å². The Morgan fingerprint density at radius 2 is 1.43 bits per heavy atom. The molecule has 0 saturated heterocycles. The number of rotatable bonds is 11. The van der Waals surface area contributed by atoms with E-state index in [4.69, 9.17) is 4.52 Å². The summed E-state index contributed by atoms with van der Waals surface area (Å²) in [7, 11) is 0. The fraction of sp³-hybridized carbons (Fsp3) is 0.135. The molecule has 9 heteroatoms. The van der Waals surface area contributed by atoms with Crippen LogP contribution in [0.1, 0.15) is 57.8 Å². The van der Waals surface area contributed by atoms with Crippen molar-refractivity contribution in [3.05, 3.63) is 149 Å². The summed E-state index contributed by atoms with van der Waals surface area (Å²) in [6.07, 6.45) is 1.66. The second-order valence-corrected chi connectivity index (χ2v) is 12.1. The molecule has 5 rings (SSSR count). The zero-order chi connectivity index (χ0) is 32.5. The van der Waals surface area contributed by atoms with Crippen LogP contribution in [0.5, 0.6) is 0 Å². The van der Waals surface area contributed by atoms with Crippen LogP contribution in [0.15, 0.2) is 130 Å². The number of aryl methyl sites for hydroxylation is 1. The monoisotopic (exact) mass is 630 g/mol. The third-order valence-corrected chi connectivity index (χ3v) is 8.30. The van der Waals surface area contributed by atoms with Gasteiger partial charge >= 0.3 is 0 Å². The lowest BCUT2D eigenvalue weighted by Gasteiger charge is -2.16. The van der Waals surface area contributed by atoms with E-state index in [1.54, 1.807) is 55.5 Å². The van der Waals surface area contributed by atoms with Gasteiger partial charge in [0.1, 0.15) is 16.7 Å². The summed E-state index contributed by atoms with van der Waals surface area (Å²) in [5.74, 6) is 0.211. The van der Waals surface area contributed by atoms with Crippen molar-refractivity contribution in [1.29, 1.82) is 0 Å². The zero-order valence-electron chi connectivity index (χ0n) is 25.7. The Bertz CT molecular complexity index is 1820. The van der Waals surface area contributed by atoms with Crippen LogP contribution in [0.3, 0.4) is 0 Å². The van der Waals surface area contributed by atoms with Gasteiger partial charge in [-0.25, -0.2) is 0 Å². The molecule has 0 aliphatic heterocycles. The van der Waals surface area contributed by atoms with Crippen LogP contribution in [0.4, 0.5) is 11.5 Å². The van der Waals surface area contributed by atoms with E-state index in [1.165, 1.54) is 17.3 Å². The van der Waals surface area contributed by atoms with Crippen molar-refractivity contribution in [2.24, 2.45) is 0 Å². The first-order valence-electron chi connectivity index (χ1n) is 14.8. The van der Waals surface area contributed by atoms with Gasteiger partial charge in [0.25, 0.3) is 11.8 Å². The van der Waals surface area contributed by atoms with E-state index in [0.717, 1.165) is 16.0 Å². The Kier molecular flexibility index (Phi) is 10.5. The van der Waals surface area contributed by atoms with Crippen molar-refractivity contribution in [1.82, 2.24) is 10.5 Å². The van der Waals surface area contributed by atoms with Crippen LogP contribution in [0, 0.1) is 6.92 Å². The smallest absolute Gasteiger partial charge is 0.272 e. The van der Waals surface area contributed by atoms with Crippen molar-refractivity contribution in [2.45, 2.75) is 36.8 Å². The van der Waals surface area contributed by atoms with Crippen molar-refractivity contribution in [2.75, 3.05) is 10.6 Å². The van der Waals surface area contributed by atoms with Crippen molar-refractivity contribution in [3.8, 4) is 0 Å². The number of benzene rings is 4. The lowest BCUT2D eigenvalue weighted by atomic mass is 10.0.